The molecular formula is C20H28N4O3. The van der Waals surface area contributed by atoms with Crippen molar-refractivity contribution in [3.05, 3.63) is 18.2 Å². The predicted octanol–water partition coefficient (Wildman–Crippen LogP) is 1.52. The van der Waals surface area contributed by atoms with Crippen LogP contribution < -0.4 is 0 Å². The highest BCUT2D eigenvalue weighted by Crippen LogP contribution is 2.41. The monoisotopic (exact) mass is 372 g/mol. The van der Waals surface area contributed by atoms with E-state index in [0.717, 1.165) is 44.6 Å². The van der Waals surface area contributed by atoms with Crippen molar-refractivity contribution in [3.8, 4) is 0 Å². The van der Waals surface area contributed by atoms with Crippen LogP contribution in [0.5, 0.6) is 0 Å². The van der Waals surface area contributed by atoms with Crippen LogP contribution in [0.15, 0.2) is 12.4 Å². The van der Waals surface area contributed by atoms with Gasteiger partial charge in [0, 0.05) is 57.3 Å². The Kier molecular flexibility index (Phi) is 4.22. The summed E-state index contributed by atoms with van der Waals surface area (Å²) in [6, 6.07) is 0. The average Bonchev–Trinajstić information content (AvgIpc) is 3.32. The summed E-state index contributed by atoms with van der Waals surface area (Å²) in [4.78, 5) is 34.1. The van der Waals surface area contributed by atoms with Gasteiger partial charge in [-0.1, -0.05) is 6.42 Å². The van der Waals surface area contributed by atoms with E-state index in [1.807, 2.05) is 16.0 Å². The zero-order valence-electron chi connectivity index (χ0n) is 15.8. The third kappa shape index (κ3) is 2.87. The van der Waals surface area contributed by atoms with Crippen molar-refractivity contribution < 1.29 is 14.3 Å². The summed E-state index contributed by atoms with van der Waals surface area (Å²) in [5, 5.41) is 0. The smallest absolute Gasteiger partial charge is 0.253 e. The number of carbonyl (C=O) groups excluding carboxylic acids is 2. The lowest BCUT2D eigenvalue weighted by atomic mass is 9.82. The third-order valence-electron chi connectivity index (χ3n) is 6.88. The lowest BCUT2D eigenvalue weighted by Gasteiger charge is -2.46. The lowest BCUT2D eigenvalue weighted by Crippen LogP contribution is -2.55. The van der Waals surface area contributed by atoms with Crippen LogP contribution in [0.2, 0.25) is 0 Å². The highest BCUT2D eigenvalue weighted by atomic mass is 16.5. The summed E-state index contributed by atoms with van der Waals surface area (Å²) < 4.78 is 8.58. The molecular weight excluding hydrogens is 344 g/mol. The van der Waals surface area contributed by atoms with E-state index < -0.39 is 11.7 Å². The molecule has 3 aliphatic heterocycles. The summed E-state index contributed by atoms with van der Waals surface area (Å²) in [7, 11) is 0. The van der Waals surface area contributed by atoms with Crippen molar-refractivity contribution in [1.29, 1.82) is 0 Å². The van der Waals surface area contributed by atoms with Crippen molar-refractivity contribution in [3.63, 3.8) is 0 Å². The number of piperidine rings is 1. The minimum absolute atomic E-state index is 0.110. The molecule has 5 rings (SSSR count). The molecule has 7 heteroatoms. The van der Waals surface area contributed by atoms with Gasteiger partial charge in [0.15, 0.2) is 6.10 Å². The highest BCUT2D eigenvalue weighted by molar-refractivity contribution is 5.81. The van der Waals surface area contributed by atoms with Crippen molar-refractivity contribution >= 4 is 11.8 Å². The van der Waals surface area contributed by atoms with Crippen LogP contribution in [0.1, 0.15) is 50.8 Å². The molecule has 0 radical (unpaired) electrons. The SMILES string of the molecule is O=C(C1CCC1)N1CCC2(CC1)O[C@@H](C(=O)N1CCCC1)Cn1ccnc12. The first-order chi connectivity index (χ1) is 13.2. The highest BCUT2D eigenvalue weighted by Gasteiger charge is 2.48. The van der Waals surface area contributed by atoms with E-state index >= 15 is 0 Å². The van der Waals surface area contributed by atoms with Crippen LogP contribution >= 0.6 is 0 Å². The maximum atomic E-state index is 13.0. The molecule has 1 aromatic rings. The molecule has 1 aromatic heterocycles. The van der Waals surface area contributed by atoms with E-state index in [1.54, 1.807) is 6.20 Å². The van der Waals surface area contributed by atoms with Gasteiger partial charge in [-0.05, 0) is 25.7 Å². The minimum atomic E-state index is -0.543. The quantitative estimate of drug-likeness (QED) is 0.789. The van der Waals surface area contributed by atoms with Crippen LogP contribution in [0.3, 0.4) is 0 Å². The molecule has 1 aliphatic carbocycles. The molecule has 1 saturated carbocycles. The number of hydrogen-bond acceptors (Lipinski definition) is 4. The topological polar surface area (TPSA) is 67.7 Å². The first kappa shape index (κ1) is 17.2. The predicted molar refractivity (Wildman–Crippen MR) is 97.7 cm³/mol. The summed E-state index contributed by atoms with van der Waals surface area (Å²) >= 11 is 0. The van der Waals surface area contributed by atoms with Crippen LogP contribution in [-0.4, -0.2) is 63.4 Å². The number of rotatable bonds is 2. The van der Waals surface area contributed by atoms with E-state index in [-0.39, 0.29) is 11.8 Å². The molecule has 7 nitrogen and oxygen atoms in total. The first-order valence-corrected chi connectivity index (χ1v) is 10.4. The molecule has 4 aliphatic rings. The summed E-state index contributed by atoms with van der Waals surface area (Å²) in [5.74, 6) is 1.57. The fraction of sp³-hybridized carbons (Fsp3) is 0.750. The Morgan fingerprint density at radius 3 is 2.37 bits per heavy atom. The van der Waals surface area contributed by atoms with E-state index in [1.165, 1.54) is 6.42 Å². The second-order valence-corrected chi connectivity index (χ2v) is 8.49. The number of carbonyl (C=O) groups is 2. The van der Waals surface area contributed by atoms with Gasteiger partial charge < -0.3 is 19.1 Å². The first-order valence-electron chi connectivity index (χ1n) is 10.4. The minimum Gasteiger partial charge on any atom is -0.352 e. The number of nitrogens with zero attached hydrogens (tertiary/aromatic N) is 4. The Hall–Kier alpha value is -1.89. The second-order valence-electron chi connectivity index (χ2n) is 8.49. The molecule has 0 N–H and O–H groups in total. The van der Waals surface area contributed by atoms with Crippen molar-refractivity contribution in [2.45, 2.75) is 63.2 Å². The number of hydrogen-bond donors (Lipinski definition) is 0. The van der Waals surface area contributed by atoms with Crippen molar-refractivity contribution in [2.24, 2.45) is 5.92 Å². The van der Waals surface area contributed by atoms with Crippen LogP contribution in [-0.2, 0) is 26.5 Å². The number of ether oxygens (including phenoxy) is 1. The number of likely N-dealkylation sites (tertiary alicyclic amines) is 2. The summed E-state index contributed by atoms with van der Waals surface area (Å²) in [5.41, 5.74) is -0.543. The molecule has 27 heavy (non-hydrogen) atoms. The van der Waals surface area contributed by atoms with Gasteiger partial charge in [-0.3, -0.25) is 9.59 Å². The van der Waals surface area contributed by atoms with Crippen LogP contribution in [0, 0.1) is 5.92 Å². The molecule has 4 heterocycles. The molecule has 3 fully saturated rings. The van der Waals surface area contributed by atoms with E-state index in [9.17, 15) is 9.59 Å². The van der Waals surface area contributed by atoms with Crippen LogP contribution in [0.25, 0.3) is 0 Å². The van der Waals surface area contributed by atoms with E-state index in [4.69, 9.17) is 4.74 Å². The van der Waals surface area contributed by atoms with Gasteiger partial charge in [0.1, 0.15) is 11.4 Å². The fourth-order valence-electron chi connectivity index (χ4n) is 5.01. The largest absolute Gasteiger partial charge is 0.352 e. The summed E-state index contributed by atoms with van der Waals surface area (Å²) in [6.45, 7) is 3.59. The lowest BCUT2D eigenvalue weighted by molar-refractivity contribution is -0.183. The van der Waals surface area contributed by atoms with Gasteiger partial charge in [0.05, 0.1) is 6.54 Å². The number of aromatic nitrogens is 2. The Morgan fingerprint density at radius 2 is 1.70 bits per heavy atom. The maximum Gasteiger partial charge on any atom is 0.253 e. The normalized spacial score (nSPS) is 27.5. The zero-order valence-corrected chi connectivity index (χ0v) is 15.8. The molecule has 2 saturated heterocycles. The molecule has 0 bridgehead atoms. The molecule has 0 aromatic carbocycles. The standard InChI is InChI=1S/C20H28N4O3/c25-17(15-4-3-5-15)23-11-6-20(7-12-23)19-21-8-13-24(19)14-16(27-20)18(26)22-9-1-2-10-22/h8,13,15-16H,1-7,9-12,14H2/t16-/m1/s1. The van der Waals surface area contributed by atoms with Gasteiger partial charge >= 0.3 is 0 Å². The Bertz CT molecular complexity index is 727. The summed E-state index contributed by atoms with van der Waals surface area (Å²) in [6.07, 6.45) is 10.1. The van der Waals surface area contributed by atoms with Gasteiger partial charge in [0.2, 0.25) is 5.91 Å². The average molecular weight is 372 g/mol. The number of amides is 2. The Morgan fingerprint density at radius 1 is 1.00 bits per heavy atom. The fourth-order valence-corrected chi connectivity index (χ4v) is 5.01. The number of fused-ring (bicyclic) bond motifs is 2. The maximum absolute atomic E-state index is 13.0. The van der Waals surface area contributed by atoms with Gasteiger partial charge in [-0.25, -0.2) is 4.98 Å². The van der Waals surface area contributed by atoms with Gasteiger partial charge in [-0.15, -0.1) is 0 Å². The molecule has 2 amide bonds. The van der Waals surface area contributed by atoms with Crippen LogP contribution in [0.4, 0.5) is 0 Å². The third-order valence-corrected chi connectivity index (χ3v) is 6.88. The molecule has 1 spiro atoms. The van der Waals surface area contributed by atoms with E-state index in [0.29, 0.717) is 38.4 Å². The van der Waals surface area contributed by atoms with Crippen molar-refractivity contribution in [2.75, 3.05) is 26.2 Å². The molecule has 0 unspecified atom stereocenters. The zero-order chi connectivity index (χ0) is 18.4. The Labute approximate surface area is 159 Å². The number of imidazole rings is 1. The van der Waals surface area contributed by atoms with E-state index in [2.05, 4.69) is 9.55 Å². The molecule has 146 valence electrons. The Balaban J connectivity index is 1.34. The van der Waals surface area contributed by atoms with Gasteiger partial charge in [0.25, 0.3) is 5.91 Å². The van der Waals surface area contributed by atoms with Crippen molar-refractivity contribution in [1.82, 2.24) is 19.4 Å². The van der Waals surface area contributed by atoms with Gasteiger partial charge in [-0.2, -0.15) is 0 Å². The molecule has 1 atom stereocenters. The second kappa shape index (κ2) is 6.62.